The van der Waals surface area contributed by atoms with E-state index >= 15 is 0 Å². The SMILES string of the molecule is C#Cc1c(F)ccc2cc(O)cc(Cn3cnc4c(OCC5(CN6C7CCC6COC7)CC5)nc(N5CC6CCC(C5)N6)nc43)c12. The Morgan fingerprint density at radius 3 is 2.61 bits per heavy atom. The van der Waals surface area contributed by atoms with Crippen molar-refractivity contribution in [2.24, 2.45) is 5.41 Å². The van der Waals surface area contributed by atoms with Gasteiger partial charge >= 0.3 is 0 Å². The molecule has 0 radical (unpaired) electrons. The summed E-state index contributed by atoms with van der Waals surface area (Å²) in [5.74, 6) is 3.26. The summed E-state index contributed by atoms with van der Waals surface area (Å²) in [6.07, 6.45) is 14.5. The zero-order chi connectivity index (χ0) is 31.0. The molecule has 4 atom stereocenters. The van der Waals surface area contributed by atoms with Crippen molar-refractivity contribution in [1.29, 1.82) is 0 Å². The minimum absolute atomic E-state index is 0.0839. The van der Waals surface area contributed by atoms with E-state index in [1.165, 1.54) is 18.9 Å². The van der Waals surface area contributed by atoms with Gasteiger partial charge in [-0.1, -0.05) is 12.0 Å². The van der Waals surface area contributed by atoms with Crippen molar-refractivity contribution in [3.05, 3.63) is 47.5 Å². The number of nitrogens with one attached hydrogen (secondary N) is 1. The highest BCUT2D eigenvalue weighted by atomic mass is 19.1. The van der Waals surface area contributed by atoms with Gasteiger partial charge in [0, 0.05) is 54.6 Å². The summed E-state index contributed by atoms with van der Waals surface area (Å²) >= 11 is 0. The maximum atomic E-state index is 14.8. The molecule has 4 aliphatic heterocycles. The van der Waals surface area contributed by atoms with Crippen LogP contribution in [0.1, 0.15) is 49.7 Å². The molecule has 5 fully saturated rings. The summed E-state index contributed by atoms with van der Waals surface area (Å²) in [4.78, 5) is 19.8. The van der Waals surface area contributed by atoms with Crippen molar-refractivity contribution in [2.45, 2.75) is 69.2 Å². The van der Waals surface area contributed by atoms with Gasteiger partial charge in [0.15, 0.2) is 11.2 Å². The number of aromatic nitrogens is 4. The molecular weight excluding hydrogens is 585 g/mol. The van der Waals surface area contributed by atoms with E-state index < -0.39 is 5.82 Å². The van der Waals surface area contributed by atoms with Crippen molar-refractivity contribution in [3.63, 3.8) is 0 Å². The van der Waals surface area contributed by atoms with E-state index in [2.05, 4.69) is 21.0 Å². The van der Waals surface area contributed by atoms with Gasteiger partial charge in [0.1, 0.15) is 11.6 Å². The van der Waals surface area contributed by atoms with Gasteiger partial charge in [-0.05, 0) is 67.7 Å². The van der Waals surface area contributed by atoms with Crippen LogP contribution in [0.3, 0.4) is 0 Å². The number of morpholine rings is 1. The normalized spacial score (nSPS) is 26.6. The van der Waals surface area contributed by atoms with Gasteiger partial charge in [0.05, 0.1) is 38.3 Å². The molecule has 1 aliphatic carbocycles. The summed E-state index contributed by atoms with van der Waals surface area (Å²) in [5, 5.41) is 15.5. The summed E-state index contributed by atoms with van der Waals surface area (Å²) in [5.41, 5.74) is 2.20. The van der Waals surface area contributed by atoms with Gasteiger partial charge in [-0.2, -0.15) is 9.97 Å². The second kappa shape index (κ2) is 10.8. The van der Waals surface area contributed by atoms with Crippen molar-refractivity contribution < 1.29 is 19.0 Å². The van der Waals surface area contributed by atoms with Crippen LogP contribution in [0, 0.1) is 23.6 Å². The van der Waals surface area contributed by atoms with Crippen LogP contribution in [0.25, 0.3) is 21.9 Å². The summed E-state index contributed by atoms with van der Waals surface area (Å²) in [6.45, 7) is 5.22. The lowest BCUT2D eigenvalue weighted by molar-refractivity contribution is -0.0270. The van der Waals surface area contributed by atoms with E-state index in [-0.39, 0.29) is 23.3 Å². The van der Waals surface area contributed by atoms with E-state index in [1.54, 1.807) is 24.5 Å². The smallest absolute Gasteiger partial charge is 0.247 e. The van der Waals surface area contributed by atoms with E-state index in [4.69, 9.17) is 30.8 Å². The Hall–Kier alpha value is -3.98. The van der Waals surface area contributed by atoms with Gasteiger partial charge < -0.3 is 29.4 Å². The Morgan fingerprint density at radius 1 is 1.09 bits per heavy atom. The summed E-state index contributed by atoms with van der Waals surface area (Å²) in [6, 6.07) is 8.09. The molecule has 10 nitrogen and oxygen atoms in total. The fourth-order valence-corrected chi connectivity index (χ4v) is 8.29. The topological polar surface area (TPSA) is 101 Å². The number of aromatic hydroxyl groups is 1. The molecule has 5 aliphatic rings. The number of fused-ring (bicyclic) bond motifs is 6. The quantitative estimate of drug-likeness (QED) is 0.284. The standard InChI is InChI=1S/C35H38FN7O3/c1-2-28-29(36)8-3-21-11-27(44)12-22(30(21)28)13-42-20-37-31-32(42)39-34(41-14-23-4-5-24(15-41)38-23)40-33(31)46-19-35(9-10-35)18-43-25-6-7-26(43)17-45-16-25/h1,3,8,11-12,20,23-26,38,44H,4-7,9-10,13-19H2. The van der Waals surface area contributed by atoms with Crippen LogP contribution in [0.4, 0.5) is 10.3 Å². The van der Waals surface area contributed by atoms with Crippen LogP contribution in [0.15, 0.2) is 30.6 Å². The molecule has 4 saturated heterocycles. The zero-order valence-electron chi connectivity index (χ0n) is 25.8. The van der Waals surface area contributed by atoms with Crippen LogP contribution in [0.2, 0.25) is 0 Å². The first-order chi connectivity index (χ1) is 22.4. The minimum Gasteiger partial charge on any atom is -0.508 e. The number of nitrogens with zero attached hydrogens (tertiary/aromatic N) is 6. The number of hydrogen-bond donors (Lipinski definition) is 2. The van der Waals surface area contributed by atoms with Gasteiger partial charge in [-0.15, -0.1) is 6.42 Å². The number of benzene rings is 2. The number of ether oxygens (including phenoxy) is 2. The number of piperazine rings is 1. The average Bonchev–Trinajstić information content (AvgIpc) is 3.51. The zero-order valence-corrected chi connectivity index (χ0v) is 25.8. The van der Waals surface area contributed by atoms with Gasteiger partial charge in [-0.3, -0.25) is 4.90 Å². The number of phenols is 1. The van der Waals surface area contributed by atoms with Crippen LogP contribution in [-0.4, -0.2) is 93.1 Å². The highest BCUT2D eigenvalue weighted by Gasteiger charge is 2.49. The molecule has 1 saturated carbocycles. The lowest BCUT2D eigenvalue weighted by Crippen LogP contribution is -2.51. The van der Waals surface area contributed by atoms with Gasteiger partial charge in [-0.25, -0.2) is 9.37 Å². The second-order valence-electron chi connectivity index (χ2n) is 14.1. The van der Waals surface area contributed by atoms with E-state index in [0.29, 0.717) is 70.1 Å². The predicted octanol–water partition coefficient (Wildman–Crippen LogP) is 3.82. The van der Waals surface area contributed by atoms with Crippen molar-refractivity contribution >= 4 is 27.9 Å². The Kier molecular flexibility index (Phi) is 6.63. The average molecular weight is 624 g/mol. The van der Waals surface area contributed by atoms with Gasteiger partial charge in [0.2, 0.25) is 11.8 Å². The fraction of sp³-hybridized carbons (Fsp3) is 0.514. The Bertz CT molecular complexity index is 1860. The monoisotopic (exact) mass is 623 g/mol. The van der Waals surface area contributed by atoms with E-state index in [9.17, 15) is 9.50 Å². The summed E-state index contributed by atoms with van der Waals surface area (Å²) in [7, 11) is 0. The first-order valence-electron chi connectivity index (χ1n) is 16.6. The molecule has 2 aromatic heterocycles. The molecule has 0 amide bonds. The second-order valence-corrected chi connectivity index (χ2v) is 14.1. The number of hydrogen-bond acceptors (Lipinski definition) is 9. The molecule has 11 heteroatoms. The first-order valence-corrected chi connectivity index (χ1v) is 16.6. The number of rotatable bonds is 8. The van der Waals surface area contributed by atoms with Crippen LogP contribution in [0.5, 0.6) is 11.6 Å². The fourth-order valence-electron chi connectivity index (χ4n) is 8.29. The molecule has 4 aromatic rings. The molecule has 2 aromatic carbocycles. The van der Waals surface area contributed by atoms with Crippen molar-refractivity contribution in [2.75, 3.05) is 44.4 Å². The van der Waals surface area contributed by atoms with Crippen LogP contribution >= 0.6 is 0 Å². The Balaban J connectivity index is 1.07. The highest BCUT2D eigenvalue weighted by molar-refractivity contribution is 5.92. The molecular formula is C35H38FN7O3. The lowest BCUT2D eigenvalue weighted by atomic mass is 9.98. The minimum atomic E-state index is -0.467. The molecule has 9 rings (SSSR count). The van der Waals surface area contributed by atoms with Crippen molar-refractivity contribution in [1.82, 2.24) is 29.7 Å². The third-order valence-electron chi connectivity index (χ3n) is 10.9. The predicted molar refractivity (Wildman–Crippen MR) is 172 cm³/mol. The number of anilines is 1. The van der Waals surface area contributed by atoms with E-state index in [0.717, 1.165) is 58.5 Å². The molecule has 46 heavy (non-hydrogen) atoms. The summed E-state index contributed by atoms with van der Waals surface area (Å²) < 4.78 is 29.2. The maximum absolute atomic E-state index is 14.8. The Labute approximate surface area is 266 Å². The molecule has 0 spiro atoms. The number of phenolic OH excluding ortho intramolecular Hbond substituents is 1. The molecule has 4 bridgehead atoms. The first kappa shape index (κ1) is 28.3. The van der Waals surface area contributed by atoms with Crippen molar-refractivity contribution in [3.8, 4) is 24.0 Å². The van der Waals surface area contributed by atoms with E-state index in [1.807, 2.05) is 4.57 Å². The van der Waals surface area contributed by atoms with Crippen LogP contribution in [-0.2, 0) is 11.3 Å². The maximum Gasteiger partial charge on any atom is 0.247 e. The number of terminal acetylenes is 1. The van der Waals surface area contributed by atoms with Gasteiger partial charge in [0.25, 0.3) is 0 Å². The highest BCUT2D eigenvalue weighted by Crippen LogP contribution is 2.49. The molecule has 6 heterocycles. The number of halogens is 1. The van der Waals surface area contributed by atoms with Crippen LogP contribution < -0.4 is 15.0 Å². The Morgan fingerprint density at radius 2 is 1.87 bits per heavy atom. The number of imidazole rings is 1. The third kappa shape index (κ3) is 4.86. The molecule has 4 unspecified atom stereocenters. The lowest BCUT2D eigenvalue weighted by Gasteiger charge is -2.37. The third-order valence-corrected chi connectivity index (χ3v) is 10.9. The molecule has 2 N–H and O–H groups in total. The largest absolute Gasteiger partial charge is 0.508 e. The molecule has 238 valence electrons.